The molecular formula is C16H29NO4. The Labute approximate surface area is 127 Å². The summed E-state index contributed by atoms with van der Waals surface area (Å²) in [5.74, 6) is -0.790. The van der Waals surface area contributed by atoms with Crippen LogP contribution in [-0.4, -0.2) is 40.8 Å². The topological polar surface area (TPSA) is 66.8 Å². The number of hydrogen-bond acceptors (Lipinski definition) is 3. The van der Waals surface area contributed by atoms with Crippen LogP contribution in [0, 0.1) is 10.8 Å². The average molecular weight is 299 g/mol. The fraction of sp³-hybridized carbons (Fsp3) is 0.875. The van der Waals surface area contributed by atoms with Crippen molar-refractivity contribution >= 4 is 12.1 Å². The van der Waals surface area contributed by atoms with Gasteiger partial charge in [-0.1, -0.05) is 13.8 Å². The third-order valence-electron chi connectivity index (χ3n) is 4.03. The fourth-order valence-corrected chi connectivity index (χ4v) is 2.86. The minimum absolute atomic E-state index is 0.117. The van der Waals surface area contributed by atoms with Gasteiger partial charge in [-0.15, -0.1) is 0 Å². The van der Waals surface area contributed by atoms with Crippen molar-refractivity contribution in [2.24, 2.45) is 10.8 Å². The molecule has 1 unspecified atom stereocenters. The summed E-state index contributed by atoms with van der Waals surface area (Å²) in [5.41, 5.74) is -1.46. The molecule has 122 valence electrons. The van der Waals surface area contributed by atoms with Gasteiger partial charge in [0.25, 0.3) is 0 Å². The van der Waals surface area contributed by atoms with Crippen LogP contribution >= 0.6 is 0 Å². The molecule has 5 heteroatoms. The normalized spacial score (nSPS) is 26.7. The molecule has 1 aliphatic heterocycles. The molecule has 1 heterocycles. The highest BCUT2D eigenvalue weighted by molar-refractivity contribution is 5.74. The van der Waals surface area contributed by atoms with Crippen LogP contribution in [0.5, 0.6) is 0 Å². The van der Waals surface area contributed by atoms with E-state index in [4.69, 9.17) is 4.74 Å². The largest absolute Gasteiger partial charge is 0.481 e. The van der Waals surface area contributed by atoms with Crippen molar-refractivity contribution in [3.05, 3.63) is 0 Å². The van der Waals surface area contributed by atoms with Crippen molar-refractivity contribution in [3.63, 3.8) is 0 Å². The molecule has 1 amide bonds. The molecule has 1 N–H and O–H groups in total. The molecular weight excluding hydrogens is 270 g/mol. The molecule has 1 fully saturated rings. The summed E-state index contributed by atoms with van der Waals surface area (Å²) in [7, 11) is 0. The van der Waals surface area contributed by atoms with E-state index in [0.29, 0.717) is 25.9 Å². The third kappa shape index (κ3) is 5.21. The number of aliphatic carboxylic acids is 1. The number of carboxylic acid groups (broad SMARTS) is 1. The number of amides is 1. The second kappa shape index (κ2) is 5.85. The monoisotopic (exact) mass is 299 g/mol. The van der Waals surface area contributed by atoms with Gasteiger partial charge < -0.3 is 14.7 Å². The second-order valence-corrected chi connectivity index (χ2v) is 8.17. The van der Waals surface area contributed by atoms with Gasteiger partial charge >= 0.3 is 12.1 Å². The zero-order valence-electron chi connectivity index (χ0n) is 14.2. The summed E-state index contributed by atoms with van der Waals surface area (Å²) in [5, 5.41) is 9.52. The van der Waals surface area contributed by atoms with Crippen LogP contribution < -0.4 is 0 Å². The molecule has 0 spiro atoms. The van der Waals surface area contributed by atoms with E-state index in [0.717, 1.165) is 6.42 Å². The molecule has 0 aromatic rings. The number of carbonyl (C=O) groups is 2. The summed E-state index contributed by atoms with van der Waals surface area (Å²) >= 11 is 0. The standard InChI is InChI=1S/C16H29NO4/c1-14(2,3)21-13(20)17-9-7-15(4,5)11-16(6,8-10-17)12(18)19/h7-11H2,1-6H3,(H,18,19). The van der Waals surface area contributed by atoms with Gasteiger partial charge in [-0.2, -0.15) is 0 Å². The van der Waals surface area contributed by atoms with Crippen molar-refractivity contribution in [3.8, 4) is 0 Å². The van der Waals surface area contributed by atoms with Gasteiger partial charge in [-0.25, -0.2) is 4.79 Å². The molecule has 0 bridgehead atoms. The van der Waals surface area contributed by atoms with Crippen LogP contribution in [0.15, 0.2) is 0 Å². The van der Waals surface area contributed by atoms with Crippen molar-refractivity contribution < 1.29 is 19.4 Å². The molecule has 1 saturated heterocycles. The van der Waals surface area contributed by atoms with Gasteiger partial charge in [0.15, 0.2) is 0 Å². The van der Waals surface area contributed by atoms with E-state index in [2.05, 4.69) is 13.8 Å². The minimum Gasteiger partial charge on any atom is -0.481 e. The zero-order valence-corrected chi connectivity index (χ0v) is 14.2. The maximum Gasteiger partial charge on any atom is 0.410 e. The summed E-state index contributed by atoms with van der Waals surface area (Å²) < 4.78 is 5.41. The maximum absolute atomic E-state index is 12.2. The Morgan fingerprint density at radius 2 is 1.62 bits per heavy atom. The van der Waals surface area contributed by atoms with Crippen LogP contribution in [0.3, 0.4) is 0 Å². The van der Waals surface area contributed by atoms with E-state index < -0.39 is 17.0 Å². The van der Waals surface area contributed by atoms with Gasteiger partial charge in [0.05, 0.1) is 5.41 Å². The number of nitrogens with zero attached hydrogens (tertiary/aromatic N) is 1. The first-order valence-electron chi connectivity index (χ1n) is 7.56. The molecule has 0 aromatic carbocycles. The summed E-state index contributed by atoms with van der Waals surface area (Å²) in [6, 6.07) is 0. The molecule has 1 aliphatic rings. The highest BCUT2D eigenvalue weighted by Crippen LogP contribution is 2.41. The Hall–Kier alpha value is -1.26. The number of hydrogen-bond donors (Lipinski definition) is 1. The lowest BCUT2D eigenvalue weighted by atomic mass is 9.69. The van der Waals surface area contributed by atoms with E-state index in [1.807, 2.05) is 20.8 Å². The predicted octanol–water partition coefficient (Wildman–Crippen LogP) is 3.52. The molecule has 5 nitrogen and oxygen atoms in total. The van der Waals surface area contributed by atoms with Gasteiger partial charge in [-0.3, -0.25) is 4.79 Å². The predicted molar refractivity (Wildman–Crippen MR) is 81.2 cm³/mol. The van der Waals surface area contributed by atoms with Crippen molar-refractivity contribution in [2.75, 3.05) is 13.1 Å². The first-order valence-corrected chi connectivity index (χ1v) is 7.56. The molecule has 0 saturated carbocycles. The molecule has 0 aliphatic carbocycles. The SMILES string of the molecule is CC1(C)CCN(C(=O)OC(C)(C)C)CCC(C)(C(=O)O)C1. The minimum atomic E-state index is -0.801. The van der Waals surface area contributed by atoms with Gasteiger partial charge in [-0.05, 0) is 52.4 Å². The van der Waals surface area contributed by atoms with Crippen molar-refractivity contribution in [1.29, 1.82) is 0 Å². The Balaban J connectivity index is 2.88. The lowest BCUT2D eigenvalue weighted by Crippen LogP contribution is -2.45. The van der Waals surface area contributed by atoms with Gasteiger partial charge in [0.2, 0.25) is 0 Å². The molecule has 0 radical (unpaired) electrons. The number of carbonyl (C=O) groups excluding carboxylic acids is 1. The van der Waals surface area contributed by atoms with Gasteiger partial charge in [0.1, 0.15) is 5.60 Å². The number of carboxylic acids is 1. The van der Waals surface area contributed by atoms with Crippen molar-refractivity contribution in [1.82, 2.24) is 4.90 Å². The Bertz CT molecular complexity index is 411. The van der Waals surface area contributed by atoms with Crippen LogP contribution in [0.2, 0.25) is 0 Å². The summed E-state index contributed by atoms with van der Waals surface area (Å²) in [4.78, 5) is 25.5. The number of rotatable bonds is 1. The molecule has 1 rings (SSSR count). The van der Waals surface area contributed by atoms with Crippen LogP contribution in [-0.2, 0) is 9.53 Å². The Kier molecular flexibility index (Phi) is 4.96. The van der Waals surface area contributed by atoms with Crippen LogP contribution in [0.4, 0.5) is 4.79 Å². The first-order chi connectivity index (χ1) is 9.35. The van der Waals surface area contributed by atoms with E-state index >= 15 is 0 Å². The lowest BCUT2D eigenvalue weighted by molar-refractivity contribution is -0.151. The molecule has 21 heavy (non-hydrogen) atoms. The lowest BCUT2D eigenvalue weighted by Gasteiger charge is -2.40. The second-order valence-electron chi connectivity index (χ2n) is 8.17. The molecule has 1 atom stereocenters. The van der Waals surface area contributed by atoms with Crippen LogP contribution in [0.25, 0.3) is 0 Å². The Morgan fingerprint density at radius 1 is 1.10 bits per heavy atom. The summed E-state index contributed by atoms with van der Waals surface area (Å²) in [6.07, 6.45) is 1.49. The van der Waals surface area contributed by atoms with Gasteiger partial charge in [0, 0.05) is 13.1 Å². The van der Waals surface area contributed by atoms with E-state index in [1.165, 1.54) is 0 Å². The zero-order chi connectivity index (χ0) is 16.5. The fourth-order valence-electron chi connectivity index (χ4n) is 2.86. The van der Waals surface area contributed by atoms with E-state index in [-0.39, 0.29) is 11.5 Å². The van der Waals surface area contributed by atoms with Crippen LogP contribution in [0.1, 0.15) is 60.8 Å². The summed E-state index contributed by atoms with van der Waals surface area (Å²) in [6.45, 7) is 12.4. The number of ether oxygens (including phenoxy) is 1. The highest BCUT2D eigenvalue weighted by Gasteiger charge is 2.41. The quantitative estimate of drug-likeness (QED) is 0.804. The van der Waals surface area contributed by atoms with Crippen molar-refractivity contribution in [2.45, 2.75) is 66.4 Å². The molecule has 0 aromatic heterocycles. The maximum atomic E-state index is 12.2. The Morgan fingerprint density at radius 3 is 2.10 bits per heavy atom. The van der Waals surface area contributed by atoms with E-state index in [9.17, 15) is 14.7 Å². The highest BCUT2D eigenvalue weighted by atomic mass is 16.6. The first kappa shape index (κ1) is 17.8. The third-order valence-corrected chi connectivity index (χ3v) is 4.03. The smallest absolute Gasteiger partial charge is 0.410 e. The number of likely N-dealkylation sites (tertiary alicyclic amines) is 1. The van der Waals surface area contributed by atoms with E-state index in [1.54, 1.807) is 11.8 Å². The average Bonchev–Trinajstić information content (AvgIpc) is 2.23.